The lowest BCUT2D eigenvalue weighted by Crippen LogP contribution is -2.35. The number of hydrogen-bond acceptors (Lipinski definition) is 4. The maximum absolute atomic E-state index is 12.0. The summed E-state index contributed by atoms with van der Waals surface area (Å²) in [6.07, 6.45) is -5.65. The molecular weight excluding hydrogens is 265 g/mol. The van der Waals surface area contributed by atoms with Gasteiger partial charge in [-0.05, 0) is 12.1 Å². The Balaban J connectivity index is 2.74. The van der Waals surface area contributed by atoms with Gasteiger partial charge in [-0.2, -0.15) is 0 Å². The minimum absolute atomic E-state index is 0.0406. The largest absolute Gasteiger partial charge is 0.573 e. The molecule has 0 aliphatic heterocycles. The van der Waals surface area contributed by atoms with Gasteiger partial charge in [0, 0.05) is 25.4 Å². The van der Waals surface area contributed by atoms with Crippen LogP contribution in [0.25, 0.3) is 0 Å². The fraction of sp³-hybridized carbons (Fsp3) is 0.364. The summed E-state index contributed by atoms with van der Waals surface area (Å²) in [4.78, 5) is 11.6. The minimum Gasteiger partial charge on any atom is -0.406 e. The van der Waals surface area contributed by atoms with Crippen molar-refractivity contribution in [2.75, 3.05) is 19.0 Å². The fourth-order valence-electron chi connectivity index (χ4n) is 1.30. The number of rotatable bonds is 5. The number of amides is 1. The lowest BCUT2D eigenvalue weighted by Gasteiger charge is -2.14. The second-order valence-corrected chi connectivity index (χ2v) is 3.52. The zero-order chi connectivity index (χ0) is 14.5. The predicted octanol–water partition coefficient (Wildman–Crippen LogP) is 1.50. The molecular formula is C11H13F3N2O3. The number of halogens is 3. The van der Waals surface area contributed by atoms with E-state index in [1.54, 1.807) is 0 Å². The van der Waals surface area contributed by atoms with Crippen LogP contribution in [-0.4, -0.2) is 32.0 Å². The van der Waals surface area contributed by atoms with Crippen LogP contribution in [0.5, 0.6) is 5.75 Å². The van der Waals surface area contributed by atoms with Crippen molar-refractivity contribution in [2.24, 2.45) is 5.73 Å². The Hall–Kier alpha value is -1.80. The zero-order valence-corrected chi connectivity index (χ0v) is 10.0. The van der Waals surface area contributed by atoms with E-state index in [9.17, 15) is 18.0 Å². The molecule has 0 aromatic heterocycles. The fourth-order valence-corrected chi connectivity index (χ4v) is 1.30. The van der Waals surface area contributed by atoms with Crippen molar-refractivity contribution in [3.05, 3.63) is 24.3 Å². The van der Waals surface area contributed by atoms with Gasteiger partial charge in [0.2, 0.25) is 0 Å². The van der Waals surface area contributed by atoms with Crippen LogP contribution in [0.1, 0.15) is 0 Å². The SMILES string of the molecule is COC(CN)C(=O)Nc1cccc(OC(F)(F)F)c1. The monoisotopic (exact) mass is 278 g/mol. The molecule has 3 N–H and O–H groups in total. The lowest BCUT2D eigenvalue weighted by atomic mass is 10.2. The van der Waals surface area contributed by atoms with Crippen molar-refractivity contribution in [1.29, 1.82) is 0 Å². The Bertz CT molecular complexity index is 433. The molecule has 0 saturated heterocycles. The molecule has 0 aliphatic carbocycles. The number of ether oxygens (including phenoxy) is 2. The molecule has 0 radical (unpaired) electrons. The van der Waals surface area contributed by atoms with E-state index in [2.05, 4.69) is 10.1 Å². The summed E-state index contributed by atoms with van der Waals surface area (Å²) in [6, 6.07) is 4.92. The van der Waals surface area contributed by atoms with Gasteiger partial charge in [0.25, 0.3) is 5.91 Å². The Morgan fingerprint density at radius 3 is 2.68 bits per heavy atom. The standard InChI is InChI=1S/C11H13F3N2O3/c1-18-9(6-15)10(17)16-7-3-2-4-8(5-7)19-11(12,13)14/h2-5,9H,6,15H2,1H3,(H,16,17). The normalized spacial score (nSPS) is 12.9. The summed E-state index contributed by atoms with van der Waals surface area (Å²) in [5.41, 5.74) is 5.45. The van der Waals surface area contributed by atoms with Crippen LogP contribution in [-0.2, 0) is 9.53 Å². The third-order valence-electron chi connectivity index (χ3n) is 2.13. The molecule has 19 heavy (non-hydrogen) atoms. The Morgan fingerprint density at radius 1 is 1.47 bits per heavy atom. The van der Waals surface area contributed by atoms with Gasteiger partial charge in [-0.3, -0.25) is 4.79 Å². The Labute approximate surface area is 107 Å². The molecule has 8 heteroatoms. The topological polar surface area (TPSA) is 73.6 Å². The second kappa shape index (κ2) is 6.39. The number of carbonyl (C=O) groups excluding carboxylic acids is 1. The number of nitrogens with two attached hydrogens (primary N) is 1. The number of nitrogens with one attached hydrogen (secondary N) is 1. The van der Waals surface area contributed by atoms with Gasteiger partial charge in [0.1, 0.15) is 11.9 Å². The average molecular weight is 278 g/mol. The maximum Gasteiger partial charge on any atom is 0.573 e. The van der Waals surface area contributed by atoms with Crippen molar-refractivity contribution < 1.29 is 27.4 Å². The molecule has 1 aromatic rings. The third-order valence-corrected chi connectivity index (χ3v) is 2.13. The van der Waals surface area contributed by atoms with Gasteiger partial charge in [0.05, 0.1) is 0 Å². The highest BCUT2D eigenvalue weighted by Crippen LogP contribution is 2.25. The number of carbonyl (C=O) groups is 1. The summed E-state index contributed by atoms with van der Waals surface area (Å²) >= 11 is 0. The van der Waals surface area contributed by atoms with Gasteiger partial charge >= 0.3 is 6.36 Å². The van der Waals surface area contributed by atoms with Crippen LogP contribution in [0.3, 0.4) is 0 Å². The van der Waals surface area contributed by atoms with E-state index in [0.29, 0.717) is 0 Å². The highest BCUT2D eigenvalue weighted by atomic mass is 19.4. The van der Waals surface area contributed by atoms with Crippen molar-refractivity contribution in [1.82, 2.24) is 0 Å². The first kappa shape index (κ1) is 15.3. The minimum atomic E-state index is -4.78. The zero-order valence-electron chi connectivity index (χ0n) is 10.0. The van der Waals surface area contributed by atoms with Crippen LogP contribution in [0, 0.1) is 0 Å². The van der Waals surface area contributed by atoms with Crippen LogP contribution < -0.4 is 15.8 Å². The molecule has 0 aliphatic rings. The molecule has 0 heterocycles. The van der Waals surface area contributed by atoms with E-state index in [1.165, 1.54) is 19.2 Å². The Morgan fingerprint density at radius 2 is 2.16 bits per heavy atom. The van der Waals surface area contributed by atoms with Crippen molar-refractivity contribution in [3.63, 3.8) is 0 Å². The number of methoxy groups -OCH3 is 1. The maximum atomic E-state index is 12.0. The van der Waals surface area contributed by atoms with E-state index >= 15 is 0 Å². The Kier molecular flexibility index (Phi) is 5.13. The van der Waals surface area contributed by atoms with Gasteiger partial charge in [0.15, 0.2) is 0 Å². The van der Waals surface area contributed by atoms with E-state index in [4.69, 9.17) is 10.5 Å². The molecule has 1 amide bonds. The molecule has 1 rings (SSSR count). The van der Waals surface area contributed by atoms with E-state index in [0.717, 1.165) is 12.1 Å². The van der Waals surface area contributed by atoms with Crippen molar-refractivity contribution in [2.45, 2.75) is 12.5 Å². The van der Waals surface area contributed by atoms with Crippen LogP contribution in [0.15, 0.2) is 24.3 Å². The molecule has 1 aromatic carbocycles. The van der Waals surface area contributed by atoms with Gasteiger partial charge in [-0.1, -0.05) is 6.07 Å². The summed E-state index contributed by atoms with van der Waals surface area (Å²) < 4.78 is 44.6. The lowest BCUT2D eigenvalue weighted by molar-refractivity contribution is -0.274. The van der Waals surface area contributed by atoms with Gasteiger partial charge in [-0.15, -0.1) is 13.2 Å². The van der Waals surface area contributed by atoms with Crippen molar-refractivity contribution >= 4 is 11.6 Å². The molecule has 1 atom stereocenters. The summed E-state index contributed by atoms with van der Waals surface area (Å²) in [7, 11) is 1.31. The molecule has 5 nitrogen and oxygen atoms in total. The highest BCUT2D eigenvalue weighted by molar-refractivity contribution is 5.94. The molecule has 0 spiro atoms. The number of alkyl halides is 3. The predicted molar refractivity (Wildman–Crippen MR) is 61.6 cm³/mol. The summed E-state index contributed by atoms with van der Waals surface area (Å²) in [6.45, 7) is -0.0406. The average Bonchev–Trinajstić information content (AvgIpc) is 2.28. The number of benzene rings is 1. The molecule has 0 saturated carbocycles. The quantitative estimate of drug-likeness (QED) is 0.856. The molecule has 0 fully saturated rings. The number of anilines is 1. The van der Waals surface area contributed by atoms with Crippen LogP contribution >= 0.6 is 0 Å². The first-order valence-corrected chi connectivity index (χ1v) is 5.25. The summed E-state index contributed by atoms with van der Waals surface area (Å²) in [5.74, 6) is -0.971. The second-order valence-electron chi connectivity index (χ2n) is 3.52. The highest BCUT2D eigenvalue weighted by Gasteiger charge is 2.31. The third kappa shape index (κ3) is 5.14. The number of hydrogen-bond donors (Lipinski definition) is 2. The van der Waals surface area contributed by atoms with Crippen LogP contribution in [0.2, 0.25) is 0 Å². The molecule has 1 unspecified atom stereocenters. The van der Waals surface area contributed by atoms with Gasteiger partial charge in [-0.25, -0.2) is 0 Å². The van der Waals surface area contributed by atoms with Crippen LogP contribution in [0.4, 0.5) is 18.9 Å². The van der Waals surface area contributed by atoms with E-state index in [-0.39, 0.29) is 12.2 Å². The first-order chi connectivity index (χ1) is 8.85. The summed E-state index contributed by atoms with van der Waals surface area (Å²) in [5, 5.41) is 2.38. The molecule has 106 valence electrons. The molecule has 0 bridgehead atoms. The van der Waals surface area contributed by atoms with E-state index in [1.807, 2.05) is 0 Å². The van der Waals surface area contributed by atoms with E-state index < -0.39 is 24.1 Å². The van der Waals surface area contributed by atoms with Crippen molar-refractivity contribution in [3.8, 4) is 5.75 Å². The van der Waals surface area contributed by atoms with Gasteiger partial charge < -0.3 is 20.5 Å². The first-order valence-electron chi connectivity index (χ1n) is 5.25. The smallest absolute Gasteiger partial charge is 0.406 e.